The molecule has 138 valence electrons. The van der Waals surface area contributed by atoms with Gasteiger partial charge in [0.05, 0.1) is 11.3 Å². The van der Waals surface area contributed by atoms with Crippen molar-refractivity contribution >= 4 is 23.6 Å². The summed E-state index contributed by atoms with van der Waals surface area (Å²) < 4.78 is 33.1. The van der Waals surface area contributed by atoms with E-state index in [-0.39, 0.29) is 11.3 Å². The molecule has 0 fully saturated rings. The van der Waals surface area contributed by atoms with Crippen molar-refractivity contribution in [2.75, 3.05) is 11.9 Å². The first kappa shape index (κ1) is 19.6. The topological polar surface area (TPSA) is 88.4 Å². The van der Waals surface area contributed by atoms with Crippen LogP contribution in [0.3, 0.4) is 0 Å². The fourth-order valence-corrected chi connectivity index (χ4v) is 1.99. The normalized spacial score (nSPS) is 10.4. The number of benzene rings is 2. The third-order valence-electron chi connectivity index (χ3n) is 3.18. The minimum Gasteiger partial charge on any atom is -0.452 e. The summed E-state index contributed by atoms with van der Waals surface area (Å²) in [5, 5.41) is 11.4. The Bertz CT molecular complexity index is 874. The van der Waals surface area contributed by atoms with E-state index in [0.717, 1.165) is 6.08 Å². The third-order valence-corrected chi connectivity index (χ3v) is 3.18. The largest absolute Gasteiger partial charge is 0.452 e. The molecule has 0 aromatic heterocycles. The van der Waals surface area contributed by atoms with Gasteiger partial charge in [0.1, 0.15) is 11.8 Å². The molecule has 0 bridgehead atoms. The van der Waals surface area contributed by atoms with Gasteiger partial charge in [-0.3, -0.25) is 4.79 Å². The smallest absolute Gasteiger partial charge is 0.387 e. The number of halogens is 2. The fourth-order valence-electron chi connectivity index (χ4n) is 1.99. The van der Waals surface area contributed by atoms with Crippen LogP contribution in [-0.4, -0.2) is 25.1 Å². The average molecular weight is 372 g/mol. The lowest BCUT2D eigenvalue weighted by Gasteiger charge is -2.06. The molecule has 8 heteroatoms. The quantitative estimate of drug-likeness (QED) is 0.595. The van der Waals surface area contributed by atoms with Gasteiger partial charge in [0.2, 0.25) is 0 Å². The van der Waals surface area contributed by atoms with Crippen LogP contribution in [0.1, 0.15) is 11.1 Å². The SMILES string of the molecule is N#Cc1ccccc1NC(=O)COC(=O)/C=C/c1ccc(OC(F)F)cc1. The second-order valence-electron chi connectivity index (χ2n) is 5.09. The molecule has 0 aliphatic carbocycles. The van der Waals surface area contributed by atoms with Crippen molar-refractivity contribution in [3.8, 4) is 11.8 Å². The minimum absolute atomic E-state index is 0.000882. The Morgan fingerprint density at radius 2 is 1.85 bits per heavy atom. The number of hydrogen-bond acceptors (Lipinski definition) is 5. The number of nitriles is 1. The van der Waals surface area contributed by atoms with Gasteiger partial charge in [0.25, 0.3) is 5.91 Å². The van der Waals surface area contributed by atoms with Gasteiger partial charge < -0.3 is 14.8 Å². The summed E-state index contributed by atoms with van der Waals surface area (Å²) in [6, 6.07) is 14.0. The molecule has 27 heavy (non-hydrogen) atoms. The molecule has 2 aromatic carbocycles. The molecule has 0 radical (unpaired) electrons. The van der Waals surface area contributed by atoms with Crippen molar-refractivity contribution in [1.29, 1.82) is 5.26 Å². The molecule has 0 aliphatic heterocycles. The highest BCUT2D eigenvalue weighted by Gasteiger charge is 2.08. The lowest BCUT2D eigenvalue weighted by Crippen LogP contribution is -2.20. The van der Waals surface area contributed by atoms with Crippen LogP contribution < -0.4 is 10.1 Å². The lowest BCUT2D eigenvalue weighted by atomic mass is 10.2. The molecule has 1 amide bonds. The molecular formula is C19H14F2N2O4. The highest BCUT2D eigenvalue weighted by molar-refractivity contribution is 5.95. The Kier molecular flexibility index (Phi) is 7.02. The van der Waals surface area contributed by atoms with Crippen LogP contribution in [0.15, 0.2) is 54.6 Å². The number of amides is 1. The Hall–Kier alpha value is -3.73. The number of carbonyl (C=O) groups excluding carboxylic acids is 2. The average Bonchev–Trinajstić information content (AvgIpc) is 2.66. The van der Waals surface area contributed by atoms with Crippen molar-refractivity contribution in [1.82, 2.24) is 0 Å². The second kappa shape index (κ2) is 9.68. The molecule has 0 atom stereocenters. The van der Waals surface area contributed by atoms with E-state index in [2.05, 4.69) is 10.1 Å². The van der Waals surface area contributed by atoms with Gasteiger partial charge in [-0.1, -0.05) is 24.3 Å². The Balaban J connectivity index is 1.82. The van der Waals surface area contributed by atoms with Gasteiger partial charge in [-0.2, -0.15) is 14.0 Å². The van der Waals surface area contributed by atoms with E-state index >= 15 is 0 Å². The van der Waals surface area contributed by atoms with Crippen LogP contribution in [0.4, 0.5) is 14.5 Å². The first-order chi connectivity index (χ1) is 13.0. The van der Waals surface area contributed by atoms with Crippen LogP contribution in [0.5, 0.6) is 5.75 Å². The molecule has 2 aromatic rings. The van der Waals surface area contributed by atoms with Crippen molar-refractivity contribution in [3.63, 3.8) is 0 Å². The number of anilines is 1. The van der Waals surface area contributed by atoms with E-state index in [9.17, 15) is 18.4 Å². The number of hydrogen-bond donors (Lipinski definition) is 1. The van der Waals surface area contributed by atoms with E-state index in [1.807, 2.05) is 6.07 Å². The molecule has 0 saturated heterocycles. The van der Waals surface area contributed by atoms with E-state index in [1.165, 1.54) is 30.3 Å². The van der Waals surface area contributed by atoms with Crippen molar-refractivity contribution in [2.45, 2.75) is 6.61 Å². The summed E-state index contributed by atoms with van der Waals surface area (Å²) in [6.07, 6.45) is 2.50. The predicted molar refractivity (Wildman–Crippen MR) is 92.9 cm³/mol. The van der Waals surface area contributed by atoms with Crippen molar-refractivity contribution < 1.29 is 27.8 Å². The lowest BCUT2D eigenvalue weighted by molar-refractivity contribution is -0.142. The van der Waals surface area contributed by atoms with Crippen LogP contribution >= 0.6 is 0 Å². The summed E-state index contributed by atoms with van der Waals surface area (Å²) in [6.45, 7) is -3.43. The monoisotopic (exact) mass is 372 g/mol. The number of nitrogens with zero attached hydrogens (tertiary/aromatic N) is 1. The van der Waals surface area contributed by atoms with E-state index < -0.39 is 25.1 Å². The molecule has 2 rings (SSSR count). The number of esters is 1. The molecule has 0 unspecified atom stereocenters. The summed E-state index contributed by atoms with van der Waals surface area (Å²) >= 11 is 0. The third kappa shape index (κ3) is 6.59. The zero-order chi connectivity index (χ0) is 19.6. The second-order valence-corrected chi connectivity index (χ2v) is 5.09. The number of nitrogens with one attached hydrogen (secondary N) is 1. The van der Waals surface area contributed by atoms with Crippen LogP contribution in [0.2, 0.25) is 0 Å². The van der Waals surface area contributed by atoms with Gasteiger partial charge in [-0.05, 0) is 35.9 Å². The van der Waals surface area contributed by atoms with E-state index in [0.29, 0.717) is 11.3 Å². The summed E-state index contributed by atoms with van der Waals surface area (Å²) in [5.41, 5.74) is 1.17. The summed E-state index contributed by atoms with van der Waals surface area (Å²) in [7, 11) is 0. The predicted octanol–water partition coefficient (Wildman–Crippen LogP) is 3.35. The maximum atomic E-state index is 12.1. The highest BCUT2D eigenvalue weighted by Crippen LogP contribution is 2.16. The van der Waals surface area contributed by atoms with Gasteiger partial charge in [-0.15, -0.1) is 0 Å². The van der Waals surface area contributed by atoms with Crippen molar-refractivity contribution in [2.24, 2.45) is 0 Å². The fraction of sp³-hybridized carbons (Fsp3) is 0.105. The van der Waals surface area contributed by atoms with Crippen LogP contribution in [-0.2, 0) is 14.3 Å². The number of para-hydroxylation sites is 1. The van der Waals surface area contributed by atoms with E-state index in [4.69, 9.17) is 10.00 Å². The minimum atomic E-state index is -2.91. The summed E-state index contributed by atoms with van der Waals surface area (Å²) in [4.78, 5) is 23.4. The zero-order valence-electron chi connectivity index (χ0n) is 13.9. The standard InChI is InChI=1S/C19H14F2N2O4/c20-19(21)27-15-8-5-13(6-9-15)7-10-18(25)26-12-17(24)23-16-4-2-1-3-14(16)11-22/h1-10,19H,12H2,(H,23,24)/b10-7+. The van der Waals surface area contributed by atoms with Crippen LogP contribution in [0.25, 0.3) is 6.08 Å². The van der Waals surface area contributed by atoms with Crippen molar-refractivity contribution in [3.05, 3.63) is 65.7 Å². The first-order valence-corrected chi connectivity index (χ1v) is 7.66. The van der Waals surface area contributed by atoms with E-state index in [1.54, 1.807) is 24.3 Å². The first-order valence-electron chi connectivity index (χ1n) is 7.66. The number of alkyl halides is 2. The molecule has 0 saturated carbocycles. The Labute approximate surface area is 153 Å². The zero-order valence-corrected chi connectivity index (χ0v) is 13.9. The van der Waals surface area contributed by atoms with Gasteiger partial charge in [-0.25, -0.2) is 4.79 Å². The maximum absolute atomic E-state index is 12.1. The van der Waals surface area contributed by atoms with Gasteiger partial charge >= 0.3 is 12.6 Å². The molecular weight excluding hydrogens is 358 g/mol. The van der Waals surface area contributed by atoms with Crippen LogP contribution in [0, 0.1) is 11.3 Å². The molecule has 0 heterocycles. The molecule has 0 spiro atoms. The summed E-state index contributed by atoms with van der Waals surface area (Å²) in [5.74, 6) is -1.35. The van der Waals surface area contributed by atoms with Gasteiger partial charge in [0.15, 0.2) is 6.61 Å². The Morgan fingerprint density at radius 1 is 1.15 bits per heavy atom. The number of rotatable bonds is 7. The number of ether oxygens (including phenoxy) is 2. The molecule has 1 N–H and O–H groups in total. The number of carbonyl (C=O) groups is 2. The highest BCUT2D eigenvalue weighted by atomic mass is 19.3. The Morgan fingerprint density at radius 3 is 2.52 bits per heavy atom. The molecule has 0 aliphatic rings. The maximum Gasteiger partial charge on any atom is 0.387 e. The molecule has 6 nitrogen and oxygen atoms in total. The van der Waals surface area contributed by atoms with Gasteiger partial charge in [0, 0.05) is 6.08 Å².